The molecule has 0 saturated carbocycles. The van der Waals surface area contributed by atoms with Crippen molar-refractivity contribution < 1.29 is 13.9 Å². The molecule has 3 nitrogen and oxygen atoms in total. The van der Waals surface area contributed by atoms with E-state index in [1.54, 1.807) is 24.3 Å². The molecule has 0 atom stereocenters. The number of cyclic esters (lactones) is 1. The van der Waals surface area contributed by atoms with Crippen LogP contribution in [0.2, 0.25) is 0 Å². The Bertz CT molecular complexity index is 831. The van der Waals surface area contributed by atoms with E-state index in [0.717, 1.165) is 4.47 Å². The zero-order valence-corrected chi connectivity index (χ0v) is 14.2. The molecule has 0 amide bonds. The highest BCUT2D eigenvalue weighted by molar-refractivity contribution is 9.10. The highest BCUT2D eigenvalue weighted by Crippen LogP contribution is 2.25. The molecule has 0 saturated heterocycles. The van der Waals surface area contributed by atoms with E-state index in [-0.39, 0.29) is 17.4 Å². The van der Waals surface area contributed by atoms with Gasteiger partial charge in [-0.1, -0.05) is 18.2 Å². The van der Waals surface area contributed by atoms with E-state index in [4.69, 9.17) is 4.74 Å². The monoisotopic (exact) mass is 423 g/mol. The summed E-state index contributed by atoms with van der Waals surface area (Å²) in [5.74, 6) is -0.662. The number of aliphatic imine (C=N–C) groups is 1. The van der Waals surface area contributed by atoms with Crippen LogP contribution in [0, 0.1) is 5.82 Å². The molecule has 0 fully saturated rings. The molecule has 0 N–H and O–H groups in total. The minimum Gasteiger partial charge on any atom is -0.402 e. The molecule has 1 heterocycles. The Morgan fingerprint density at radius 1 is 1.09 bits per heavy atom. The molecule has 0 unspecified atom stereocenters. The van der Waals surface area contributed by atoms with Crippen molar-refractivity contribution in [2.75, 3.05) is 0 Å². The zero-order valence-electron chi connectivity index (χ0n) is 11.0. The van der Waals surface area contributed by atoms with Crippen molar-refractivity contribution in [3.8, 4) is 0 Å². The molecule has 0 spiro atoms. The first-order valence-electron chi connectivity index (χ1n) is 6.27. The van der Waals surface area contributed by atoms with Gasteiger partial charge in [0.15, 0.2) is 5.70 Å². The van der Waals surface area contributed by atoms with Gasteiger partial charge in [0.2, 0.25) is 5.90 Å². The average Bonchev–Trinajstić information content (AvgIpc) is 2.84. The number of benzene rings is 2. The van der Waals surface area contributed by atoms with Crippen LogP contribution in [-0.4, -0.2) is 11.9 Å². The summed E-state index contributed by atoms with van der Waals surface area (Å²) < 4.78 is 19.5. The molecular weight excluding hydrogens is 417 g/mol. The molecule has 1 aliphatic rings. The van der Waals surface area contributed by atoms with Crippen LogP contribution in [0.3, 0.4) is 0 Å². The highest BCUT2D eigenvalue weighted by atomic mass is 79.9. The van der Waals surface area contributed by atoms with Crippen LogP contribution in [0.25, 0.3) is 6.08 Å². The molecule has 2 aromatic rings. The van der Waals surface area contributed by atoms with Gasteiger partial charge in [-0.2, -0.15) is 0 Å². The Morgan fingerprint density at radius 3 is 2.59 bits per heavy atom. The summed E-state index contributed by atoms with van der Waals surface area (Å²) in [4.78, 5) is 16.1. The van der Waals surface area contributed by atoms with Gasteiger partial charge >= 0.3 is 5.97 Å². The maximum Gasteiger partial charge on any atom is 0.363 e. The summed E-state index contributed by atoms with van der Waals surface area (Å²) in [5, 5.41) is 0. The first-order chi connectivity index (χ1) is 10.5. The number of carbonyl (C=O) groups excluding carboxylic acids is 1. The van der Waals surface area contributed by atoms with Gasteiger partial charge in [-0.3, -0.25) is 0 Å². The van der Waals surface area contributed by atoms with Gasteiger partial charge in [-0.25, -0.2) is 14.2 Å². The number of rotatable bonds is 2. The Labute approximate surface area is 142 Å². The fourth-order valence-corrected chi connectivity index (χ4v) is 2.77. The van der Waals surface area contributed by atoms with Crippen molar-refractivity contribution in [1.29, 1.82) is 0 Å². The van der Waals surface area contributed by atoms with E-state index in [0.29, 0.717) is 15.6 Å². The van der Waals surface area contributed by atoms with Gasteiger partial charge < -0.3 is 4.74 Å². The maximum absolute atomic E-state index is 13.2. The van der Waals surface area contributed by atoms with E-state index in [9.17, 15) is 9.18 Å². The molecule has 0 aliphatic carbocycles. The largest absolute Gasteiger partial charge is 0.402 e. The molecule has 0 radical (unpaired) electrons. The number of nitrogens with zero attached hydrogens (tertiary/aromatic N) is 1. The molecule has 1 aliphatic heterocycles. The first-order valence-corrected chi connectivity index (χ1v) is 7.86. The normalized spacial score (nSPS) is 15.9. The van der Waals surface area contributed by atoms with Crippen molar-refractivity contribution in [2.24, 2.45) is 4.99 Å². The van der Waals surface area contributed by atoms with Gasteiger partial charge in [-0.15, -0.1) is 0 Å². The van der Waals surface area contributed by atoms with Crippen LogP contribution in [0.1, 0.15) is 11.1 Å². The quantitative estimate of drug-likeness (QED) is 0.517. The summed E-state index contributed by atoms with van der Waals surface area (Å²) >= 11 is 6.50. The van der Waals surface area contributed by atoms with E-state index < -0.39 is 5.97 Å². The third-order valence-corrected chi connectivity index (χ3v) is 4.27. The predicted octanol–water partition coefficient (Wildman–Crippen LogP) is 4.70. The number of esters is 1. The molecule has 110 valence electrons. The second-order valence-electron chi connectivity index (χ2n) is 4.49. The van der Waals surface area contributed by atoms with Crippen LogP contribution < -0.4 is 0 Å². The number of hydrogen-bond donors (Lipinski definition) is 0. The van der Waals surface area contributed by atoms with Crippen LogP contribution in [-0.2, 0) is 9.53 Å². The number of ether oxygens (including phenoxy) is 1. The lowest BCUT2D eigenvalue weighted by atomic mass is 10.2. The lowest BCUT2D eigenvalue weighted by molar-refractivity contribution is -0.129. The van der Waals surface area contributed by atoms with Gasteiger partial charge in [0.25, 0.3) is 0 Å². The van der Waals surface area contributed by atoms with E-state index in [2.05, 4.69) is 36.9 Å². The Hall–Kier alpha value is -1.79. The van der Waals surface area contributed by atoms with Crippen LogP contribution in [0.15, 0.2) is 62.1 Å². The summed E-state index contributed by atoms with van der Waals surface area (Å²) in [7, 11) is 0. The fraction of sp³-hybridized carbons (Fsp3) is 0. The lowest BCUT2D eigenvalue weighted by Crippen LogP contribution is -2.05. The number of halogens is 3. The van der Waals surface area contributed by atoms with Crippen LogP contribution in [0.4, 0.5) is 4.39 Å². The standard InChI is InChI=1S/C16H8Br2FNO2/c17-11-4-2-1-3-10(11)15-20-14(16(21)22-15)8-9-5-6-13(19)12(18)7-9/h1-8H/b14-8-. The van der Waals surface area contributed by atoms with Crippen molar-refractivity contribution in [3.05, 3.63) is 74.1 Å². The average molecular weight is 425 g/mol. The molecule has 2 aromatic carbocycles. The van der Waals surface area contributed by atoms with Crippen molar-refractivity contribution in [1.82, 2.24) is 0 Å². The Kier molecular flexibility index (Phi) is 4.22. The minimum absolute atomic E-state index is 0.171. The predicted molar refractivity (Wildman–Crippen MR) is 88.8 cm³/mol. The third-order valence-electron chi connectivity index (χ3n) is 2.97. The molecule has 6 heteroatoms. The molecular formula is C16H8Br2FNO2. The highest BCUT2D eigenvalue weighted by Gasteiger charge is 2.25. The SMILES string of the molecule is O=C1OC(c2ccccc2Br)=N/C1=C\c1ccc(F)c(Br)c1. The van der Waals surface area contributed by atoms with Gasteiger partial charge in [0, 0.05) is 4.47 Å². The van der Waals surface area contributed by atoms with Gasteiger partial charge in [0.1, 0.15) is 5.82 Å². The minimum atomic E-state index is -0.536. The van der Waals surface area contributed by atoms with Crippen molar-refractivity contribution in [3.63, 3.8) is 0 Å². The summed E-state index contributed by atoms with van der Waals surface area (Å²) in [6.07, 6.45) is 1.55. The van der Waals surface area contributed by atoms with E-state index >= 15 is 0 Å². The summed E-state index contributed by atoms with van der Waals surface area (Å²) in [6.45, 7) is 0. The van der Waals surface area contributed by atoms with Gasteiger partial charge in [0.05, 0.1) is 10.0 Å². The number of hydrogen-bond acceptors (Lipinski definition) is 3. The van der Waals surface area contributed by atoms with E-state index in [1.807, 2.05) is 18.2 Å². The fourth-order valence-electron chi connectivity index (χ4n) is 1.92. The smallest absolute Gasteiger partial charge is 0.363 e. The Balaban J connectivity index is 1.98. The second kappa shape index (κ2) is 6.14. The topological polar surface area (TPSA) is 38.7 Å². The summed E-state index contributed by atoms with van der Waals surface area (Å²) in [6, 6.07) is 11.8. The molecule has 3 rings (SSSR count). The van der Waals surface area contributed by atoms with Crippen molar-refractivity contribution >= 4 is 49.8 Å². The molecule has 22 heavy (non-hydrogen) atoms. The van der Waals surface area contributed by atoms with Crippen molar-refractivity contribution in [2.45, 2.75) is 0 Å². The van der Waals surface area contributed by atoms with Crippen LogP contribution in [0.5, 0.6) is 0 Å². The zero-order chi connectivity index (χ0) is 15.7. The maximum atomic E-state index is 13.2. The lowest BCUT2D eigenvalue weighted by Gasteiger charge is -2.01. The second-order valence-corrected chi connectivity index (χ2v) is 6.20. The van der Waals surface area contributed by atoms with Gasteiger partial charge in [-0.05, 0) is 67.8 Å². The Morgan fingerprint density at radius 2 is 1.86 bits per heavy atom. The van der Waals surface area contributed by atoms with E-state index in [1.165, 1.54) is 6.07 Å². The summed E-state index contributed by atoms with van der Waals surface area (Å²) in [5.41, 5.74) is 1.51. The van der Waals surface area contributed by atoms with Crippen LogP contribution >= 0.6 is 31.9 Å². The number of carbonyl (C=O) groups is 1. The first kappa shape index (κ1) is 15.1. The third kappa shape index (κ3) is 3.03. The molecule has 0 aromatic heterocycles. The molecule has 0 bridgehead atoms.